The summed E-state index contributed by atoms with van der Waals surface area (Å²) >= 11 is 12.1. The summed E-state index contributed by atoms with van der Waals surface area (Å²) in [6.07, 6.45) is -0.870. The third-order valence-corrected chi connectivity index (χ3v) is 5.34. The molecular weight excluding hydrogens is 379 g/mol. The van der Waals surface area contributed by atoms with Gasteiger partial charge in [0.25, 0.3) is 0 Å². The minimum atomic E-state index is -0.870. The molecule has 0 aliphatic heterocycles. The molecule has 0 spiro atoms. The molecule has 2 unspecified atom stereocenters. The molecular formula is C22H22Cl2N2O. The fourth-order valence-electron chi connectivity index (χ4n) is 3.07. The lowest BCUT2D eigenvalue weighted by Gasteiger charge is -2.24. The average molecular weight is 401 g/mol. The van der Waals surface area contributed by atoms with E-state index in [1.807, 2.05) is 55.4 Å². The molecule has 3 aromatic carbocycles. The van der Waals surface area contributed by atoms with Crippen LogP contribution in [0.2, 0.25) is 10.0 Å². The summed E-state index contributed by atoms with van der Waals surface area (Å²) in [6, 6.07) is 20.6. The van der Waals surface area contributed by atoms with Gasteiger partial charge in [0.15, 0.2) is 0 Å². The van der Waals surface area contributed by atoms with Crippen molar-refractivity contribution in [2.24, 2.45) is 5.73 Å². The van der Waals surface area contributed by atoms with Gasteiger partial charge in [0.2, 0.25) is 0 Å². The van der Waals surface area contributed by atoms with Crippen LogP contribution in [-0.2, 0) is 0 Å². The Bertz CT molecular complexity index is 929. The predicted molar refractivity (Wildman–Crippen MR) is 115 cm³/mol. The molecule has 0 aromatic heterocycles. The largest absolute Gasteiger partial charge is 0.386 e. The van der Waals surface area contributed by atoms with Gasteiger partial charge in [-0.1, -0.05) is 71.7 Å². The van der Waals surface area contributed by atoms with E-state index in [-0.39, 0.29) is 0 Å². The number of benzene rings is 3. The lowest BCUT2D eigenvalue weighted by molar-refractivity contribution is 0.147. The van der Waals surface area contributed by atoms with Crippen molar-refractivity contribution in [3.63, 3.8) is 0 Å². The zero-order valence-corrected chi connectivity index (χ0v) is 16.7. The van der Waals surface area contributed by atoms with E-state index in [0.29, 0.717) is 10.0 Å². The average Bonchev–Trinajstić information content (AvgIpc) is 2.69. The lowest BCUT2D eigenvalue weighted by atomic mass is 9.93. The zero-order valence-electron chi connectivity index (χ0n) is 15.2. The monoisotopic (exact) mass is 400 g/mol. The second kappa shape index (κ2) is 8.32. The van der Waals surface area contributed by atoms with Crippen LogP contribution in [-0.4, -0.2) is 19.2 Å². The molecule has 0 bridgehead atoms. The Balaban J connectivity index is 1.96. The van der Waals surface area contributed by atoms with E-state index in [0.717, 1.165) is 27.9 Å². The summed E-state index contributed by atoms with van der Waals surface area (Å²) in [5, 5.41) is 11.7. The van der Waals surface area contributed by atoms with Crippen molar-refractivity contribution in [1.82, 2.24) is 0 Å². The van der Waals surface area contributed by atoms with E-state index < -0.39 is 12.1 Å². The normalized spacial score (nSPS) is 13.3. The Morgan fingerprint density at radius 3 is 2.15 bits per heavy atom. The smallest absolute Gasteiger partial charge is 0.0983 e. The van der Waals surface area contributed by atoms with E-state index in [1.165, 1.54) is 0 Å². The first kappa shape index (κ1) is 19.7. The molecule has 0 aliphatic carbocycles. The Morgan fingerprint density at radius 2 is 1.52 bits per heavy atom. The summed E-state index contributed by atoms with van der Waals surface area (Å²) in [5.41, 5.74) is 11.0. The van der Waals surface area contributed by atoms with E-state index in [9.17, 15) is 5.11 Å². The van der Waals surface area contributed by atoms with Crippen LogP contribution >= 0.6 is 23.2 Å². The van der Waals surface area contributed by atoms with Crippen LogP contribution in [0.5, 0.6) is 0 Å². The molecule has 2 atom stereocenters. The lowest BCUT2D eigenvalue weighted by Crippen LogP contribution is -2.20. The number of aliphatic hydroxyl groups is 1. The van der Waals surface area contributed by atoms with Gasteiger partial charge in [0, 0.05) is 25.3 Å². The molecule has 3 nitrogen and oxygen atoms in total. The predicted octanol–water partition coefficient (Wildman–Crippen LogP) is 5.46. The van der Waals surface area contributed by atoms with Gasteiger partial charge < -0.3 is 15.7 Å². The molecule has 0 saturated heterocycles. The minimum absolute atomic E-state index is 0.422. The maximum absolute atomic E-state index is 10.9. The molecule has 0 amide bonds. The second-order valence-corrected chi connectivity index (χ2v) is 7.50. The Hall–Kier alpha value is -2.04. The SMILES string of the molecule is CN(C)c1cc(C(O)C(N)c2ccc(Cl)c(Cl)c2)ccc1-c1ccccc1. The van der Waals surface area contributed by atoms with Crippen molar-refractivity contribution in [3.05, 3.63) is 87.9 Å². The molecule has 3 aromatic rings. The van der Waals surface area contributed by atoms with Gasteiger partial charge in [0.05, 0.1) is 22.2 Å². The molecule has 3 N–H and O–H groups in total. The van der Waals surface area contributed by atoms with Crippen LogP contribution in [0.1, 0.15) is 23.3 Å². The minimum Gasteiger partial charge on any atom is -0.386 e. The van der Waals surface area contributed by atoms with Crippen LogP contribution in [0.4, 0.5) is 5.69 Å². The van der Waals surface area contributed by atoms with Crippen molar-refractivity contribution in [2.45, 2.75) is 12.1 Å². The van der Waals surface area contributed by atoms with Crippen LogP contribution in [0.25, 0.3) is 11.1 Å². The highest BCUT2D eigenvalue weighted by molar-refractivity contribution is 6.42. The van der Waals surface area contributed by atoms with Gasteiger partial charge in [-0.2, -0.15) is 0 Å². The Labute approximate surface area is 170 Å². The molecule has 0 saturated carbocycles. The van der Waals surface area contributed by atoms with Crippen molar-refractivity contribution >= 4 is 28.9 Å². The summed E-state index contributed by atoms with van der Waals surface area (Å²) < 4.78 is 0. The Kier molecular flexibility index (Phi) is 6.08. The highest BCUT2D eigenvalue weighted by Crippen LogP contribution is 2.36. The summed E-state index contributed by atoms with van der Waals surface area (Å²) in [6.45, 7) is 0. The fourth-order valence-corrected chi connectivity index (χ4v) is 3.38. The zero-order chi connectivity index (χ0) is 19.6. The maximum Gasteiger partial charge on any atom is 0.0983 e. The highest BCUT2D eigenvalue weighted by Gasteiger charge is 2.21. The summed E-state index contributed by atoms with van der Waals surface area (Å²) in [4.78, 5) is 2.03. The molecule has 0 fully saturated rings. The van der Waals surface area contributed by atoms with Gasteiger partial charge in [-0.25, -0.2) is 0 Å². The van der Waals surface area contributed by atoms with Gasteiger partial charge >= 0.3 is 0 Å². The number of halogens is 2. The molecule has 0 radical (unpaired) electrons. The van der Waals surface area contributed by atoms with Gasteiger partial charge in [-0.3, -0.25) is 0 Å². The van der Waals surface area contributed by atoms with Crippen LogP contribution < -0.4 is 10.6 Å². The van der Waals surface area contributed by atoms with Gasteiger partial charge in [-0.05, 0) is 34.9 Å². The Morgan fingerprint density at radius 1 is 0.852 bits per heavy atom. The topological polar surface area (TPSA) is 49.5 Å². The van der Waals surface area contributed by atoms with Crippen molar-refractivity contribution in [3.8, 4) is 11.1 Å². The first-order valence-electron chi connectivity index (χ1n) is 8.63. The first-order chi connectivity index (χ1) is 12.9. The molecule has 27 heavy (non-hydrogen) atoms. The number of rotatable bonds is 5. The molecule has 0 heterocycles. The number of hydrogen-bond acceptors (Lipinski definition) is 3. The van der Waals surface area contributed by atoms with Crippen molar-refractivity contribution in [2.75, 3.05) is 19.0 Å². The number of aliphatic hydroxyl groups excluding tert-OH is 1. The summed E-state index contributed by atoms with van der Waals surface area (Å²) in [7, 11) is 3.97. The first-order valence-corrected chi connectivity index (χ1v) is 9.39. The number of nitrogens with zero attached hydrogens (tertiary/aromatic N) is 1. The quantitative estimate of drug-likeness (QED) is 0.597. The number of nitrogens with two attached hydrogens (primary N) is 1. The summed E-state index contributed by atoms with van der Waals surface area (Å²) in [5.74, 6) is 0. The number of anilines is 1. The molecule has 140 valence electrons. The van der Waals surface area contributed by atoms with E-state index >= 15 is 0 Å². The number of hydrogen-bond donors (Lipinski definition) is 2. The molecule has 3 rings (SSSR count). The molecule has 0 aliphatic rings. The molecule has 5 heteroatoms. The highest BCUT2D eigenvalue weighted by atomic mass is 35.5. The third-order valence-electron chi connectivity index (χ3n) is 4.60. The fraction of sp³-hybridized carbons (Fsp3) is 0.182. The van der Waals surface area contributed by atoms with Crippen LogP contribution in [0, 0.1) is 0 Å². The van der Waals surface area contributed by atoms with Crippen molar-refractivity contribution < 1.29 is 5.11 Å². The second-order valence-electron chi connectivity index (χ2n) is 6.68. The van der Waals surface area contributed by atoms with E-state index in [1.54, 1.807) is 18.2 Å². The van der Waals surface area contributed by atoms with Gasteiger partial charge in [0.1, 0.15) is 0 Å². The third kappa shape index (κ3) is 4.28. The van der Waals surface area contributed by atoms with Gasteiger partial charge in [-0.15, -0.1) is 0 Å². The van der Waals surface area contributed by atoms with Crippen molar-refractivity contribution in [1.29, 1.82) is 0 Å². The maximum atomic E-state index is 10.9. The van der Waals surface area contributed by atoms with Crippen LogP contribution in [0.15, 0.2) is 66.7 Å². The van der Waals surface area contributed by atoms with E-state index in [2.05, 4.69) is 12.1 Å². The van der Waals surface area contributed by atoms with Crippen LogP contribution in [0.3, 0.4) is 0 Å². The van der Waals surface area contributed by atoms with E-state index in [4.69, 9.17) is 28.9 Å². The standard InChI is InChI=1S/C22H22Cl2N2O/c1-26(2)20-13-16(8-10-17(20)14-6-4-3-5-7-14)22(27)21(25)15-9-11-18(23)19(24)12-15/h3-13,21-22,27H,25H2,1-2H3.